The van der Waals surface area contributed by atoms with Crippen molar-refractivity contribution in [2.24, 2.45) is 23.7 Å². The molecule has 3 amide bonds. The number of sulfonamides is 1. The molecule has 7 atom stereocenters. The Morgan fingerprint density at radius 3 is 2.49 bits per heavy atom. The molecule has 4 aliphatic carbocycles. The van der Waals surface area contributed by atoms with Crippen LogP contribution in [0.25, 0.3) is 10.8 Å². The largest absolute Gasteiger partial charge is 0.472 e. The average molecular weight is 747 g/mol. The quantitative estimate of drug-likeness (QED) is 0.307. The number of nitrogens with one attached hydrogen (secondary N) is 2. The Morgan fingerprint density at radius 2 is 1.74 bits per heavy atom. The number of carbonyl (C=O) groups excluding carboxylic acids is 4. The summed E-state index contributed by atoms with van der Waals surface area (Å²) < 4.78 is 40.4. The van der Waals surface area contributed by atoms with E-state index >= 15 is 0 Å². The second kappa shape index (κ2) is 14.3. The number of benzene rings is 1. The van der Waals surface area contributed by atoms with Crippen LogP contribution >= 0.6 is 0 Å². The van der Waals surface area contributed by atoms with Crippen LogP contribution in [-0.2, 0) is 40.4 Å². The lowest BCUT2D eigenvalue weighted by atomic mass is 9.86. The van der Waals surface area contributed by atoms with E-state index in [1.807, 2.05) is 6.07 Å². The fourth-order valence-electron chi connectivity index (χ4n) is 9.47. The van der Waals surface area contributed by atoms with E-state index in [1.165, 1.54) is 4.90 Å². The Balaban J connectivity index is 1.12. The lowest BCUT2D eigenvalue weighted by Gasteiger charge is -2.32. The normalized spacial score (nSPS) is 32.3. The molecule has 13 heteroatoms. The fourth-order valence-corrected chi connectivity index (χ4v) is 10.8. The third-order valence-corrected chi connectivity index (χ3v) is 14.6. The number of ether oxygens (including phenoxy) is 2. The van der Waals surface area contributed by atoms with Crippen molar-refractivity contribution in [2.45, 2.75) is 125 Å². The molecule has 0 radical (unpaired) electrons. The van der Waals surface area contributed by atoms with Gasteiger partial charge in [-0.25, -0.2) is 13.4 Å². The van der Waals surface area contributed by atoms with Gasteiger partial charge >= 0.3 is 5.97 Å². The van der Waals surface area contributed by atoms with Gasteiger partial charge in [0.25, 0.3) is 5.91 Å². The van der Waals surface area contributed by atoms with Crippen LogP contribution in [0, 0.1) is 23.7 Å². The number of pyridine rings is 1. The van der Waals surface area contributed by atoms with Crippen molar-refractivity contribution < 1.29 is 37.1 Å². The molecule has 53 heavy (non-hydrogen) atoms. The molecule has 2 N–H and O–H groups in total. The van der Waals surface area contributed by atoms with Gasteiger partial charge < -0.3 is 19.7 Å². The summed E-state index contributed by atoms with van der Waals surface area (Å²) in [6, 6.07) is 7.18. The number of rotatable bonds is 7. The zero-order valence-corrected chi connectivity index (χ0v) is 31.0. The molecule has 12 nitrogen and oxygen atoms in total. The zero-order chi connectivity index (χ0) is 36.9. The van der Waals surface area contributed by atoms with Crippen molar-refractivity contribution in [3.05, 3.63) is 48.7 Å². The Bertz CT molecular complexity index is 1910. The third-order valence-electron chi connectivity index (χ3n) is 12.8. The predicted molar refractivity (Wildman–Crippen MR) is 196 cm³/mol. The van der Waals surface area contributed by atoms with Crippen LogP contribution in [0.1, 0.15) is 95.5 Å². The average Bonchev–Trinajstić information content (AvgIpc) is 3.93. The van der Waals surface area contributed by atoms with E-state index in [4.69, 9.17) is 9.47 Å². The molecule has 284 valence electrons. The highest BCUT2D eigenvalue weighted by molar-refractivity contribution is 7.91. The molecule has 1 saturated heterocycles. The van der Waals surface area contributed by atoms with Crippen molar-refractivity contribution in [1.82, 2.24) is 19.9 Å². The van der Waals surface area contributed by atoms with Crippen molar-refractivity contribution in [2.75, 3.05) is 6.54 Å². The van der Waals surface area contributed by atoms with Gasteiger partial charge in [0.15, 0.2) is 0 Å². The molecule has 1 aromatic carbocycles. The van der Waals surface area contributed by atoms with Crippen LogP contribution < -0.4 is 14.8 Å². The summed E-state index contributed by atoms with van der Waals surface area (Å²) in [6.45, 7) is 3.89. The molecule has 3 heterocycles. The molecule has 2 aliphatic heterocycles. The maximum atomic E-state index is 14.8. The van der Waals surface area contributed by atoms with Gasteiger partial charge in [0.2, 0.25) is 27.7 Å². The Morgan fingerprint density at radius 1 is 0.962 bits per heavy atom. The Labute approximate surface area is 310 Å². The highest BCUT2D eigenvalue weighted by Gasteiger charge is 2.62. The van der Waals surface area contributed by atoms with E-state index < -0.39 is 56.6 Å². The molecule has 1 aromatic heterocycles. The van der Waals surface area contributed by atoms with Crippen molar-refractivity contribution in [1.29, 1.82) is 0 Å². The minimum Gasteiger partial charge on any atom is -0.472 e. The number of hydrogen-bond acceptors (Lipinski definition) is 9. The molecule has 5 fully saturated rings. The van der Waals surface area contributed by atoms with Crippen LogP contribution in [0.5, 0.6) is 5.88 Å². The molecule has 0 spiro atoms. The zero-order valence-electron chi connectivity index (χ0n) is 30.2. The van der Waals surface area contributed by atoms with E-state index in [9.17, 15) is 27.6 Å². The summed E-state index contributed by atoms with van der Waals surface area (Å²) in [5, 5.41) is 4.08. The van der Waals surface area contributed by atoms with Crippen molar-refractivity contribution >= 4 is 44.5 Å². The maximum Gasteiger partial charge on any atom is 0.306 e. The van der Waals surface area contributed by atoms with E-state index in [2.05, 4.69) is 39.8 Å². The summed E-state index contributed by atoms with van der Waals surface area (Å²) in [4.78, 5) is 62.5. The van der Waals surface area contributed by atoms with Gasteiger partial charge in [-0.1, -0.05) is 31.1 Å². The third kappa shape index (κ3) is 7.29. The van der Waals surface area contributed by atoms with E-state index in [0.29, 0.717) is 18.7 Å². The molecule has 4 bridgehead atoms. The standard InChI is InChI=1S/C40H50N4O8S/c1-2-28-22-40(28,39(48)43-53(49,50)30-15-16-30)42-36(46)33-20-29-23-44(33)38(47)32(25-8-3-4-9-25)21-35(45)52-34-12-6-11-27(34)10-5-7-24-13-14-26-17-18-41-37(51-29)31(26)19-24/h2,13-14,17-19,25,27-30,32-34H,1,3-12,15-16,20-23H2,(H,42,46)(H,43,48)/t27-,28+,29+,32-,33-,34-,40+/m0/s1. The van der Waals surface area contributed by atoms with Gasteiger partial charge in [-0.15, -0.1) is 6.58 Å². The first-order chi connectivity index (χ1) is 25.5. The topological polar surface area (TPSA) is 161 Å². The van der Waals surface area contributed by atoms with E-state index in [1.54, 1.807) is 12.3 Å². The monoisotopic (exact) mass is 746 g/mol. The second-order valence-corrected chi connectivity index (χ2v) is 18.3. The molecule has 2 aromatic rings. The molecule has 0 unspecified atom stereocenters. The number of esters is 1. The molecular formula is C40H50N4O8S. The second-order valence-electron chi connectivity index (χ2n) is 16.3. The first kappa shape index (κ1) is 36.0. The lowest BCUT2D eigenvalue weighted by Crippen LogP contribution is -2.57. The summed E-state index contributed by atoms with van der Waals surface area (Å²) in [5.41, 5.74) is -0.350. The smallest absolute Gasteiger partial charge is 0.306 e. The van der Waals surface area contributed by atoms with Gasteiger partial charge in [-0.05, 0) is 106 Å². The van der Waals surface area contributed by atoms with Gasteiger partial charge in [0.05, 0.1) is 24.1 Å². The minimum atomic E-state index is -3.87. The predicted octanol–water partition coefficient (Wildman–Crippen LogP) is 4.50. The summed E-state index contributed by atoms with van der Waals surface area (Å²) >= 11 is 0. The highest BCUT2D eigenvalue weighted by atomic mass is 32.2. The minimum absolute atomic E-state index is 0.0276. The SMILES string of the molecule is C=C[C@@H]1C[C@]1(NC(=O)[C@@H]1C[C@@H]2CN1C(=O)[C@H](C1CCCC1)CC(=O)O[C@H]1CCC[C@@H]1CCCc1ccc3ccnc(c3c1)O2)C(=O)NS(=O)(=O)C1CC1. The number of aryl methyl sites for hydroxylation is 1. The van der Waals surface area contributed by atoms with Crippen molar-refractivity contribution in [3.63, 3.8) is 0 Å². The number of nitrogens with zero attached hydrogens (tertiary/aromatic N) is 2. The van der Waals surface area contributed by atoms with Crippen LogP contribution in [-0.4, -0.2) is 77.6 Å². The Kier molecular flexibility index (Phi) is 9.74. The first-order valence-electron chi connectivity index (χ1n) is 19.6. The number of carbonyl (C=O) groups is 4. The van der Waals surface area contributed by atoms with Gasteiger partial charge in [-0.3, -0.25) is 23.9 Å². The van der Waals surface area contributed by atoms with Crippen LogP contribution in [0.2, 0.25) is 0 Å². The van der Waals surface area contributed by atoms with Crippen LogP contribution in [0.3, 0.4) is 0 Å². The molecule has 6 aliphatic rings. The first-order valence-corrected chi connectivity index (χ1v) is 21.1. The number of amides is 3. The highest BCUT2D eigenvalue weighted by Crippen LogP contribution is 2.46. The number of hydrogen-bond donors (Lipinski definition) is 2. The van der Waals surface area contributed by atoms with Gasteiger partial charge in [0.1, 0.15) is 23.8 Å². The fraction of sp³-hybridized carbons (Fsp3) is 0.625. The molecule has 4 saturated carbocycles. The van der Waals surface area contributed by atoms with E-state index in [-0.39, 0.29) is 55.6 Å². The van der Waals surface area contributed by atoms with Gasteiger partial charge in [-0.2, -0.15) is 0 Å². The lowest BCUT2D eigenvalue weighted by molar-refractivity contribution is -0.156. The Hall–Kier alpha value is -4.00. The van der Waals surface area contributed by atoms with Crippen molar-refractivity contribution in [3.8, 4) is 5.88 Å². The molecule has 8 rings (SSSR count). The van der Waals surface area contributed by atoms with Crippen LogP contribution in [0.4, 0.5) is 0 Å². The summed E-state index contributed by atoms with van der Waals surface area (Å²) in [5.74, 6) is -2.52. The number of fused-ring (bicyclic) bond motifs is 4. The number of aromatic nitrogens is 1. The van der Waals surface area contributed by atoms with E-state index in [0.717, 1.165) is 80.5 Å². The summed E-state index contributed by atoms with van der Waals surface area (Å²) in [6.07, 6.45) is 12.8. The van der Waals surface area contributed by atoms with Crippen LogP contribution in [0.15, 0.2) is 43.1 Å². The molecular weight excluding hydrogens is 697 g/mol. The maximum absolute atomic E-state index is 14.8. The van der Waals surface area contributed by atoms with Gasteiger partial charge in [0, 0.05) is 23.9 Å². The summed E-state index contributed by atoms with van der Waals surface area (Å²) in [7, 11) is -3.87.